The van der Waals surface area contributed by atoms with Crippen molar-refractivity contribution in [2.75, 3.05) is 53.0 Å². The normalized spacial score (nSPS) is 35.8. The van der Waals surface area contributed by atoms with E-state index in [0.29, 0.717) is 25.2 Å². The summed E-state index contributed by atoms with van der Waals surface area (Å²) in [6.07, 6.45) is 6.63. The van der Waals surface area contributed by atoms with Gasteiger partial charge < -0.3 is 24.6 Å². The Hall–Kier alpha value is -0.690. The lowest BCUT2D eigenvalue weighted by Crippen LogP contribution is -2.55. The summed E-state index contributed by atoms with van der Waals surface area (Å²) < 4.78 is 11.9. The van der Waals surface area contributed by atoms with E-state index in [1.807, 2.05) is 0 Å². The Bertz CT molecular complexity index is 475. The van der Waals surface area contributed by atoms with Crippen LogP contribution in [-0.4, -0.2) is 80.5 Å². The van der Waals surface area contributed by atoms with Crippen LogP contribution in [0.3, 0.4) is 0 Å². The molecule has 0 radical (unpaired) electrons. The smallest absolute Gasteiger partial charge is 0.224 e. The summed E-state index contributed by atoms with van der Waals surface area (Å²) in [6.45, 7) is 6.46. The monoisotopic (exact) mass is 351 g/mol. The summed E-state index contributed by atoms with van der Waals surface area (Å²) in [5.74, 6) is 0.481. The highest BCUT2D eigenvalue weighted by molar-refractivity contribution is 5.79. The third-order valence-electron chi connectivity index (χ3n) is 6.71. The first kappa shape index (κ1) is 17.7. The molecule has 3 saturated heterocycles. The first-order chi connectivity index (χ1) is 12.2. The zero-order valence-corrected chi connectivity index (χ0v) is 15.5. The van der Waals surface area contributed by atoms with Crippen molar-refractivity contribution < 1.29 is 14.3 Å². The van der Waals surface area contributed by atoms with Gasteiger partial charge in [0.15, 0.2) is 5.79 Å². The summed E-state index contributed by atoms with van der Waals surface area (Å²) in [6, 6.07) is 0.576. The second-order valence-corrected chi connectivity index (χ2v) is 8.39. The van der Waals surface area contributed by atoms with Crippen molar-refractivity contribution in [3.8, 4) is 0 Å². The lowest BCUT2D eigenvalue weighted by molar-refractivity contribution is -0.202. The second-order valence-electron chi connectivity index (χ2n) is 8.39. The largest absolute Gasteiger partial charge is 0.355 e. The van der Waals surface area contributed by atoms with Gasteiger partial charge in [0, 0.05) is 38.5 Å². The van der Waals surface area contributed by atoms with Crippen molar-refractivity contribution >= 4 is 5.91 Å². The minimum Gasteiger partial charge on any atom is -0.355 e. The van der Waals surface area contributed by atoms with Gasteiger partial charge in [-0.15, -0.1) is 0 Å². The van der Waals surface area contributed by atoms with Gasteiger partial charge in [-0.05, 0) is 51.7 Å². The molecule has 1 spiro atoms. The van der Waals surface area contributed by atoms with Crippen LogP contribution in [0, 0.1) is 11.8 Å². The van der Waals surface area contributed by atoms with Crippen LogP contribution in [0.1, 0.15) is 38.5 Å². The van der Waals surface area contributed by atoms with Crippen LogP contribution in [0.5, 0.6) is 0 Å². The van der Waals surface area contributed by atoms with Gasteiger partial charge in [0.05, 0.1) is 19.1 Å². The minimum atomic E-state index is -0.351. The molecule has 6 heteroatoms. The molecule has 4 fully saturated rings. The van der Waals surface area contributed by atoms with E-state index in [2.05, 4.69) is 22.2 Å². The molecule has 25 heavy (non-hydrogen) atoms. The molecule has 142 valence electrons. The van der Waals surface area contributed by atoms with Crippen LogP contribution >= 0.6 is 0 Å². The zero-order chi connectivity index (χ0) is 17.3. The van der Waals surface area contributed by atoms with Crippen LogP contribution < -0.4 is 5.32 Å². The molecule has 0 bridgehead atoms. The summed E-state index contributed by atoms with van der Waals surface area (Å²) in [7, 11) is 2.18. The number of likely N-dealkylation sites (tertiary alicyclic amines) is 2. The van der Waals surface area contributed by atoms with Gasteiger partial charge in [0.2, 0.25) is 5.91 Å². The highest BCUT2D eigenvalue weighted by Gasteiger charge is 2.49. The van der Waals surface area contributed by atoms with Gasteiger partial charge in [-0.3, -0.25) is 4.79 Å². The quantitative estimate of drug-likeness (QED) is 0.821. The number of carbonyl (C=O) groups excluding carboxylic acids is 1. The number of hydrogen-bond donors (Lipinski definition) is 1. The highest BCUT2D eigenvalue weighted by atomic mass is 16.7. The Balaban J connectivity index is 1.29. The molecule has 4 rings (SSSR count). The molecule has 4 aliphatic rings. The maximum Gasteiger partial charge on any atom is 0.224 e. The molecule has 1 amide bonds. The van der Waals surface area contributed by atoms with Crippen LogP contribution in [0.2, 0.25) is 0 Å². The highest BCUT2D eigenvalue weighted by Crippen LogP contribution is 2.44. The maximum absolute atomic E-state index is 12.7. The van der Waals surface area contributed by atoms with E-state index < -0.39 is 0 Å². The number of ether oxygens (including phenoxy) is 2. The standard InChI is InChI=1S/C19H33N3O3/c1-21-14-16(18(23)20-6-9-22-7-2-3-8-22)12-15-13-19(5-4-17(15)21)24-10-11-25-19/h15-17H,2-14H2,1H3,(H,20,23). The molecule has 1 saturated carbocycles. The van der Waals surface area contributed by atoms with Crippen molar-refractivity contribution in [1.82, 2.24) is 15.1 Å². The van der Waals surface area contributed by atoms with Gasteiger partial charge in [-0.25, -0.2) is 0 Å². The van der Waals surface area contributed by atoms with Crippen LogP contribution in [-0.2, 0) is 14.3 Å². The predicted molar refractivity (Wildman–Crippen MR) is 95.2 cm³/mol. The van der Waals surface area contributed by atoms with E-state index >= 15 is 0 Å². The number of nitrogens with zero attached hydrogens (tertiary/aromatic N) is 2. The average molecular weight is 351 g/mol. The molecule has 3 unspecified atom stereocenters. The molecule has 6 nitrogen and oxygen atoms in total. The van der Waals surface area contributed by atoms with Crippen LogP contribution in [0.15, 0.2) is 0 Å². The van der Waals surface area contributed by atoms with Gasteiger partial charge in [-0.2, -0.15) is 0 Å². The number of piperidine rings is 1. The molecule has 0 aromatic rings. The first-order valence-electron chi connectivity index (χ1n) is 10.1. The fraction of sp³-hybridized carbons (Fsp3) is 0.947. The number of nitrogens with one attached hydrogen (secondary N) is 1. The summed E-state index contributed by atoms with van der Waals surface area (Å²) >= 11 is 0. The average Bonchev–Trinajstić information content (AvgIpc) is 3.27. The molecule has 3 atom stereocenters. The van der Waals surface area contributed by atoms with Crippen LogP contribution in [0.4, 0.5) is 0 Å². The minimum absolute atomic E-state index is 0.0985. The molecule has 0 aromatic heterocycles. The van der Waals surface area contributed by atoms with E-state index in [4.69, 9.17) is 9.47 Å². The summed E-state index contributed by atoms with van der Waals surface area (Å²) in [5, 5.41) is 3.19. The SMILES string of the molecule is CN1CC(C(=O)NCCN2CCCC2)CC2CC3(CCC21)OCCO3. The van der Waals surface area contributed by atoms with E-state index in [9.17, 15) is 4.79 Å². The second kappa shape index (κ2) is 7.51. The van der Waals surface area contributed by atoms with Gasteiger partial charge >= 0.3 is 0 Å². The lowest BCUT2D eigenvalue weighted by Gasteiger charge is -2.49. The molecule has 0 aromatic carbocycles. The predicted octanol–water partition coefficient (Wildman–Crippen LogP) is 1.06. The Morgan fingerprint density at radius 2 is 2.00 bits per heavy atom. The summed E-state index contributed by atoms with van der Waals surface area (Å²) in [4.78, 5) is 17.5. The van der Waals surface area contributed by atoms with E-state index in [1.165, 1.54) is 25.9 Å². The fourth-order valence-corrected chi connectivity index (χ4v) is 5.42. The van der Waals surface area contributed by atoms with E-state index in [1.54, 1.807) is 0 Å². The maximum atomic E-state index is 12.7. The Morgan fingerprint density at radius 1 is 1.24 bits per heavy atom. The molecule has 3 aliphatic heterocycles. The fourth-order valence-electron chi connectivity index (χ4n) is 5.42. The Kier molecular flexibility index (Phi) is 5.32. The number of amides is 1. The van der Waals surface area contributed by atoms with E-state index in [0.717, 1.165) is 45.3 Å². The van der Waals surface area contributed by atoms with Crippen molar-refractivity contribution in [1.29, 1.82) is 0 Å². The van der Waals surface area contributed by atoms with Crippen LogP contribution in [0.25, 0.3) is 0 Å². The molecular formula is C19H33N3O3. The van der Waals surface area contributed by atoms with E-state index in [-0.39, 0.29) is 17.6 Å². The molecule has 1 N–H and O–H groups in total. The van der Waals surface area contributed by atoms with Crippen molar-refractivity contribution in [3.05, 3.63) is 0 Å². The third kappa shape index (κ3) is 3.87. The van der Waals surface area contributed by atoms with Gasteiger partial charge in [0.25, 0.3) is 0 Å². The topological polar surface area (TPSA) is 54.0 Å². The van der Waals surface area contributed by atoms with Crippen molar-refractivity contribution in [2.45, 2.75) is 50.4 Å². The Morgan fingerprint density at radius 3 is 2.76 bits per heavy atom. The summed E-state index contributed by atoms with van der Waals surface area (Å²) in [5.41, 5.74) is 0. The zero-order valence-electron chi connectivity index (χ0n) is 15.5. The molecule has 1 aliphatic carbocycles. The lowest BCUT2D eigenvalue weighted by atomic mass is 9.72. The number of rotatable bonds is 4. The molecular weight excluding hydrogens is 318 g/mol. The molecule has 3 heterocycles. The number of hydrogen-bond acceptors (Lipinski definition) is 5. The number of carbonyl (C=O) groups is 1. The number of fused-ring (bicyclic) bond motifs is 1. The van der Waals surface area contributed by atoms with Crippen molar-refractivity contribution in [2.24, 2.45) is 11.8 Å². The van der Waals surface area contributed by atoms with Gasteiger partial charge in [0.1, 0.15) is 0 Å². The van der Waals surface area contributed by atoms with Gasteiger partial charge in [-0.1, -0.05) is 0 Å². The third-order valence-corrected chi connectivity index (χ3v) is 6.71. The Labute approximate surface area is 151 Å². The first-order valence-corrected chi connectivity index (χ1v) is 10.1. The van der Waals surface area contributed by atoms with Crippen molar-refractivity contribution in [3.63, 3.8) is 0 Å².